The highest BCUT2D eigenvalue weighted by molar-refractivity contribution is 5.95. The molecule has 0 spiro atoms. The minimum Gasteiger partial charge on any atom is -0.490 e. The van der Waals surface area contributed by atoms with E-state index < -0.39 is 5.91 Å². The Bertz CT molecular complexity index is 1240. The van der Waals surface area contributed by atoms with Crippen molar-refractivity contribution < 1.29 is 19.4 Å². The second-order valence-corrected chi connectivity index (χ2v) is 8.50. The summed E-state index contributed by atoms with van der Waals surface area (Å²) in [4.78, 5) is 28.6. The second kappa shape index (κ2) is 11.3. The first kappa shape index (κ1) is 25.5. The molecule has 9 nitrogen and oxygen atoms in total. The molecular formula is C26H29N5O4. The van der Waals surface area contributed by atoms with E-state index in [4.69, 9.17) is 10.5 Å². The fraction of sp³-hybridized carbons (Fsp3) is 0.308. The monoisotopic (exact) mass is 475 g/mol. The first-order valence-electron chi connectivity index (χ1n) is 11.3. The number of hydrogen-bond acceptors (Lipinski definition) is 6. The first-order chi connectivity index (χ1) is 16.7. The summed E-state index contributed by atoms with van der Waals surface area (Å²) in [6, 6.07) is 14.1. The number of aliphatic hydroxyl groups is 1. The molecular weight excluding hydrogens is 446 g/mol. The molecule has 182 valence electrons. The standard InChI is InChI=1S/C26H29N5O4/c1-16(2)35-23-9-8-19(13-20(23)14-27)26(34)29-21(10-11-32)12-17-4-6-18(7-5-17)22-15-31(3)25(30-22)24(28)33/h4-9,13,15-16,21,32H,10-12H2,1-3H3,(H2,28,33)(H,29,34)/t21-/m1/s1. The minimum absolute atomic E-state index is 0.0858. The van der Waals surface area contributed by atoms with Crippen molar-refractivity contribution in [2.24, 2.45) is 12.8 Å². The maximum atomic E-state index is 12.9. The number of aryl methyl sites for hydroxylation is 1. The third-order valence-electron chi connectivity index (χ3n) is 5.37. The van der Waals surface area contributed by atoms with Gasteiger partial charge in [-0.1, -0.05) is 24.3 Å². The molecule has 1 heterocycles. The summed E-state index contributed by atoms with van der Waals surface area (Å²) in [6.45, 7) is 3.64. The normalized spacial score (nSPS) is 11.7. The lowest BCUT2D eigenvalue weighted by atomic mass is 10.0. The average molecular weight is 476 g/mol. The van der Waals surface area contributed by atoms with Gasteiger partial charge in [0.25, 0.3) is 11.8 Å². The van der Waals surface area contributed by atoms with Crippen molar-refractivity contribution in [3.63, 3.8) is 0 Å². The lowest BCUT2D eigenvalue weighted by Crippen LogP contribution is -2.37. The van der Waals surface area contributed by atoms with Crippen LogP contribution in [-0.2, 0) is 13.5 Å². The predicted octanol–water partition coefficient (Wildman–Crippen LogP) is 2.57. The summed E-state index contributed by atoms with van der Waals surface area (Å²) in [6.07, 6.45) is 2.51. The van der Waals surface area contributed by atoms with Crippen LogP contribution in [0.5, 0.6) is 5.75 Å². The van der Waals surface area contributed by atoms with Gasteiger partial charge in [0, 0.05) is 37.0 Å². The summed E-state index contributed by atoms with van der Waals surface area (Å²) in [5, 5.41) is 21.9. The molecule has 4 N–H and O–H groups in total. The molecule has 1 aromatic heterocycles. The molecule has 9 heteroatoms. The predicted molar refractivity (Wildman–Crippen MR) is 131 cm³/mol. The molecule has 1 atom stereocenters. The lowest BCUT2D eigenvalue weighted by Gasteiger charge is -2.19. The number of carbonyl (C=O) groups excluding carboxylic acids is 2. The van der Waals surface area contributed by atoms with Crippen LogP contribution >= 0.6 is 0 Å². The number of rotatable bonds is 10. The van der Waals surface area contributed by atoms with E-state index in [1.165, 1.54) is 6.07 Å². The van der Waals surface area contributed by atoms with Crippen LogP contribution < -0.4 is 15.8 Å². The Kier molecular flexibility index (Phi) is 8.23. The molecule has 0 aliphatic rings. The van der Waals surface area contributed by atoms with Gasteiger partial charge < -0.3 is 25.5 Å². The molecule has 0 aliphatic heterocycles. The van der Waals surface area contributed by atoms with Gasteiger partial charge in [-0.2, -0.15) is 5.26 Å². The molecule has 3 aromatic rings. The zero-order valence-electron chi connectivity index (χ0n) is 20.0. The third kappa shape index (κ3) is 6.46. The second-order valence-electron chi connectivity index (χ2n) is 8.50. The van der Waals surface area contributed by atoms with Gasteiger partial charge in [0.15, 0.2) is 5.82 Å². The molecule has 35 heavy (non-hydrogen) atoms. The SMILES string of the molecule is CC(C)Oc1ccc(C(=O)N[C@H](CCO)Cc2ccc(-c3cn(C)c(C(N)=O)n3)cc2)cc1C#N. The maximum absolute atomic E-state index is 12.9. The van der Waals surface area contributed by atoms with Gasteiger partial charge in [0.05, 0.1) is 17.4 Å². The number of nitrogens with one attached hydrogen (secondary N) is 1. The Labute approximate surface area is 204 Å². The van der Waals surface area contributed by atoms with Crippen molar-refractivity contribution in [2.75, 3.05) is 6.61 Å². The third-order valence-corrected chi connectivity index (χ3v) is 5.37. The number of benzene rings is 2. The summed E-state index contributed by atoms with van der Waals surface area (Å²) in [7, 11) is 1.71. The molecule has 0 bridgehead atoms. The highest BCUT2D eigenvalue weighted by Gasteiger charge is 2.17. The number of nitrogens with zero attached hydrogens (tertiary/aromatic N) is 3. The molecule has 0 radical (unpaired) electrons. The van der Waals surface area contributed by atoms with Crippen LogP contribution in [0.15, 0.2) is 48.7 Å². The molecule has 3 rings (SSSR count). The number of hydrogen-bond donors (Lipinski definition) is 3. The molecule has 0 fully saturated rings. The molecule has 2 amide bonds. The van der Waals surface area contributed by atoms with Gasteiger partial charge in [-0.05, 0) is 50.5 Å². The van der Waals surface area contributed by atoms with E-state index in [1.807, 2.05) is 38.1 Å². The number of nitriles is 1. The minimum atomic E-state index is -0.595. The zero-order valence-corrected chi connectivity index (χ0v) is 20.0. The van der Waals surface area contributed by atoms with Crippen molar-refractivity contribution in [1.29, 1.82) is 5.26 Å². The molecule has 0 saturated carbocycles. The van der Waals surface area contributed by atoms with Crippen LogP contribution in [0.1, 0.15) is 52.4 Å². The molecule has 0 aliphatic carbocycles. The molecule has 0 saturated heterocycles. The number of ether oxygens (including phenoxy) is 1. The molecule has 0 unspecified atom stereocenters. The average Bonchev–Trinajstić information content (AvgIpc) is 3.21. The van der Waals surface area contributed by atoms with E-state index in [0.717, 1.165) is 11.1 Å². The first-order valence-corrected chi connectivity index (χ1v) is 11.3. The quantitative estimate of drug-likeness (QED) is 0.411. The fourth-order valence-corrected chi connectivity index (χ4v) is 3.70. The summed E-state index contributed by atoms with van der Waals surface area (Å²) in [5.74, 6) is -0.317. The van der Waals surface area contributed by atoms with E-state index in [0.29, 0.717) is 29.8 Å². The van der Waals surface area contributed by atoms with E-state index in [1.54, 1.807) is 29.9 Å². The van der Waals surface area contributed by atoms with Crippen molar-refractivity contribution in [1.82, 2.24) is 14.9 Å². The van der Waals surface area contributed by atoms with Crippen molar-refractivity contribution in [2.45, 2.75) is 38.8 Å². The summed E-state index contributed by atoms with van der Waals surface area (Å²) in [5.41, 5.74) is 8.38. The molecule has 2 aromatic carbocycles. The number of aliphatic hydroxyl groups excluding tert-OH is 1. The van der Waals surface area contributed by atoms with Crippen LogP contribution in [0.25, 0.3) is 11.3 Å². The fourth-order valence-electron chi connectivity index (χ4n) is 3.70. The number of amides is 2. The Balaban J connectivity index is 1.71. The van der Waals surface area contributed by atoms with Crippen molar-refractivity contribution >= 4 is 11.8 Å². The highest BCUT2D eigenvalue weighted by Crippen LogP contribution is 2.22. The van der Waals surface area contributed by atoms with Crippen LogP contribution in [0.3, 0.4) is 0 Å². The zero-order chi connectivity index (χ0) is 25.5. The van der Waals surface area contributed by atoms with Crippen molar-refractivity contribution in [3.05, 3.63) is 71.2 Å². The number of carbonyl (C=O) groups is 2. The van der Waals surface area contributed by atoms with Gasteiger partial charge in [0.2, 0.25) is 0 Å². The topological polar surface area (TPSA) is 143 Å². The van der Waals surface area contributed by atoms with Gasteiger partial charge in [-0.25, -0.2) is 4.98 Å². The lowest BCUT2D eigenvalue weighted by molar-refractivity contribution is 0.0929. The number of aromatic nitrogens is 2. The van der Waals surface area contributed by atoms with Crippen LogP contribution in [0, 0.1) is 11.3 Å². The maximum Gasteiger partial charge on any atom is 0.284 e. The van der Waals surface area contributed by atoms with Crippen LogP contribution in [-0.4, -0.2) is 45.2 Å². The Morgan fingerprint density at radius 3 is 2.51 bits per heavy atom. The Morgan fingerprint density at radius 1 is 1.23 bits per heavy atom. The van der Waals surface area contributed by atoms with Gasteiger partial charge in [-0.3, -0.25) is 9.59 Å². The summed E-state index contributed by atoms with van der Waals surface area (Å²) >= 11 is 0. The Morgan fingerprint density at radius 2 is 1.94 bits per heavy atom. The number of nitrogens with two attached hydrogens (primary N) is 1. The number of primary amides is 1. The van der Waals surface area contributed by atoms with Gasteiger partial charge >= 0.3 is 0 Å². The van der Waals surface area contributed by atoms with Crippen molar-refractivity contribution in [3.8, 4) is 23.1 Å². The largest absolute Gasteiger partial charge is 0.490 e. The van der Waals surface area contributed by atoms with Crippen LogP contribution in [0.4, 0.5) is 0 Å². The van der Waals surface area contributed by atoms with E-state index in [9.17, 15) is 20.0 Å². The van der Waals surface area contributed by atoms with E-state index in [-0.39, 0.29) is 36.0 Å². The smallest absolute Gasteiger partial charge is 0.284 e. The Hall–Kier alpha value is -4.16. The number of imidazole rings is 1. The van der Waals surface area contributed by atoms with Crippen LogP contribution in [0.2, 0.25) is 0 Å². The summed E-state index contributed by atoms with van der Waals surface area (Å²) < 4.78 is 7.20. The highest BCUT2D eigenvalue weighted by atomic mass is 16.5. The van der Waals surface area contributed by atoms with E-state index >= 15 is 0 Å². The van der Waals surface area contributed by atoms with Gasteiger partial charge in [-0.15, -0.1) is 0 Å². The van der Waals surface area contributed by atoms with Gasteiger partial charge in [0.1, 0.15) is 11.8 Å². The van der Waals surface area contributed by atoms with E-state index in [2.05, 4.69) is 16.4 Å².